The summed E-state index contributed by atoms with van der Waals surface area (Å²) < 4.78 is 0. The molecule has 1 saturated heterocycles. The predicted octanol–water partition coefficient (Wildman–Crippen LogP) is 5.31. The van der Waals surface area contributed by atoms with E-state index in [9.17, 15) is 19.5 Å². The Hall–Kier alpha value is -4.27. The summed E-state index contributed by atoms with van der Waals surface area (Å²) in [5, 5.41) is 10.2. The maximum atomic E-state index is 14.1. The van der Waals surface area contributed by atoms with Crippen LogP contribution in [0.2, 0.25) is 0 Å². The third kappa shape index (κ3) is 9.86. The van der Waals surface area contributed by atoms with Crippen molar-refractivity contribution < 1.29 is 19.5 Å². The quantitative estimate of drug-likeness (QED) is 0.248. The summed E-state index contributed by atoms with van der Waals surface area (Å²) in [6.45, 7) is 6.34. The van der Waals surface area contributed by atoms with Crippen molar-refractivity contribution in [1.29, 1.82) is 0 Å². The number of rotatable bonds is 11. The maximum absolute atomic E-state index is 14.1. The van der Waals surface area contributed by atoms with Gasteiger partial charge in [-0.3, -0.25) is 14.4 Å². The number of carbonyl (C=O) groups excluding carboxylic acids is 2. The molecule has 0 saturated carbocycles. The maximum Gasteiger partial charge on any atom is 0.310 e. The van der Waals surface area contributed by atoms with Crippen molar-refractivity contribution in [3.63, 3.8) is 0 Å². The van der Waals surface area contributed by atoms with Gasteiger partial charge in [-0.05, 0) is 75.8 Å². The van der Waals surface area contributed by atoms with Crippen molar-refractivity contribution in [1.82, 2.24) is 9.80 Å². The Morgan fingerprint density at radius 2 is 1.41 bits per heavy atom. The molecule has 8 nitrogen and oxygen atoms in total. The van der Waals surface area contributed by atoms with E-state index in [2.05, 4.69) is 17.9 Å². The molecule has 0 spiro atoms. The van der Waals surface area contributed by atoms with Crippen molar-refractivity contribution in [2.24, 2.45) is 16.9 Å². The van der Waals surface area contributed by atoms with Crippen LogP contribution in [0.4, 0.5) is 0 Å². The minimum absolute atomic E-state index is 0.170. The van der Waals surface area contributed by atoms with Crippen LogP contribution in [-0.2, 0) is 27.2 Å². The van der Waals surface area contributed by atoms with E-state index in [0.29, 0.717) is 45.2 Å². The molecule has 0 radical (unpaired) electrons. The zero-order valence-electron chi connectivity index (χ0n) is 27.9. The topological polar surface area (TPSA) is 130 Å². The van der Waals surface area contributed by atoms with Crippen LogP contribution in [0.15, 0.2) is 96.6 Å². The molecule has 246 valence electrons. The highest BCUT2D eigenvalue weighted by atomic mass is 16.4. The van der Waals surface area contributed by atoms with Crippen LogP contribution in [0.1, 0.15) is 51.2 Å². The fourth-order valence-corrected chi connectivity index (χ4v) is 6.13. The number of carbonyl (C=O) groups is 3. The van der Waals surface area contributed by atoms with Gasteiger partial charge in [-0.25, -0.2) is 0 Å². The summed E-state index contributed by atoms with van der Waals surface area (Å²) in [4.78, 5) is 43.3. The van der Waals surface area contributed by atoms with Gasteiger partial charge in [0.05, 0.1) is 5.41 Å². The third-order valence-corrected chi connectivity index (χ3v) is 8.57. The molecule has 8 heteroatoms. The van der Waals surface area contributed by atoms with Gasteiger partial charge in [0.25, 0.3) is 0 Å². The first-order chi connectivity index (χ1) is 21.9. The summed E-state index contributed by atoms with van der Waals surface area (Å²) in [7, 11) is 3.17. The Morgan fingerprint density at radius 3 is 1.93 bits per heavy atom. The molecule has 3 aromatic carbocycles. The number of likely N-dealkylation sites (N-methyl/N-ethyl adjacent to an activating group) is 1. The van der Waals surface area contributed by atoms with E-state index >= 15 is 0 Å². The van der Waals surface area contributed by atoms with Crippen LogP contribution >= 0.6 is 0 Å². The average Bonchev–Trinajstić information content (AvgIpc) is 3.04. The normalized spacial score (nSPS) is 15.3. The van der Waals surface area contributed by atoms with Gasteiger partial charge in [0, 0.05) is 38.2 Å². The van der Waals surface area contributed by atoms with Gasteiger partial charge in [0.2, 0.25) is 11.8 Å². The standard InChI is InChI=1S/C37H45N3O4.CH5N/c1-27(25-36(2,3)38)23-33(41)39(4)32(24-28-15-17-31(18-16-28)30-13-9-6-10-14-30)34(42)40-21-19-37(20-22-40,35(43)44)26-29-11-7-5-8-12-29;1-2/h5-18,23,32H,19-22,24-26,38H2,1-4H3,(H,43,44);2H2,1H3/b27-23+;/t32-;/m1./s1. The van der Waals surface area contributed by atoms with E-state index in [1.54, 1.807) is 18.0 Å². The Labute approximate surface area is 274 Å². The summed E-state index contributed by atoms with van der Waals surface area (Å²) in [5.74, 6) is -1.26. The highest BCUT2D eigenvalue weighted by Gasteiger charge is 2.43. The second kappa shape index (κ2) is 16.3. The molecule has 46 heavy (non-hydrogen) atoms. The van der Waals surface area contributed by atoms with Gasteiger partial charge in [0.15, 0.2) is 0 Å². The molecule has 1 fully saturated rings. The molecule has 2 amide bonds. The van der Waals surface area contributed by atoms with E-state index in [-0.39, 0.29) is 11.8 Å². The number of nitrogens with two attached hydrogens (primary N) is 2. The van der Waals surface area contributed by atoms with Crippen LogP contribution < -0.4 is 11.5 Å². The Balaban J connectivity index is 0.00000282. The number of likely N-dealkylation sites (tertiary alicyclic amines) is 1. The fourth-order valence-electron chi connectivity index (χ4n) is 6.13. The number of hydrogen-bond acceptors (Lipinski definition) is 5. The van der Waals surface area contributed by atoms with Gasteiger partial charge in [-0.1, -0.05) is 90.5 Å². The molecular formula is C38H50N4O4. The van der Waals surface area contributed by atoms with Crippen molar-refractivity contribution in [2.45, 2.75) is 64.5 Å². The highest BCUT2D eigenvalue weighted by Crippen LogP contribution is 2.36. The summed E-state index contributed by atoms with van der Waals surface area (Å²) in [5.41, 5.74) is 14.2. The lowest BCUT2D eigenvalue weighted by molar-refractivity contribution is -0.155. The monoisotopic (exact) mass is 626 g/mol. The Bertz CT molecular complexity index is 1460. The molecule has 1 heterocycles. The fraction of sp³-hybridized carbons (Fsp3) is 0.395. The summed E-state index contributed by atoms with van der Waals surface area (Å²) >= 11 is 0. The minimum atomic E-state index is -0.933. The number of benzene rings is 3. The smallest absolute Gasteiger partial charge is 0.310 e. The van der Waals surface area contributed by atoms with Crippen molar-refractivity contribution in [2.75, 3.05) is 27.2 Å². The first-order valence-electron chi connectivity index (χ1n) is 15.9. The van der Waals surface area contributed by atoms with Gasteiger partial charge in [-0.2, -0.15) is 0 Å². The van der Waals surface area contributed by atoms with Crippen LogP contribution in [0.3, 0.4) is 0 Å². The first kappa shape index (κ1) is 36.2. The lowest BCUT2D eigenvalue weighted by Gasteiger charge is -2.41. The number of hydrogen-bond donors (Lipinski definition) is 3. The van der Waals surface area contributed by atoms with E-state index < -0.39 is 23.0 Å². The number of piperidine rings is 1. The van der Waals surface area contributed by atoms with Crippen molar-refractivity contribution in [3.8, 4) is 11.1 Å². The molecule has 3 aromatic rings. The van der Waals surface area contributed by atoms with E-state index in [1.165, 1.54) is 11.9 Å². The molecule has 0 bridgehead atoms. The molecule has 4 rings (SSSR count). The lowest BCUT2D eigenvalue weighted by atomic mass is 9.73. The number of aliphatic carboxylic acids is 1. The average molecular weight is 627 g/mol. The van der Waals surface area contributed by atoms with Crippen LogP contribution in [0.25, 0.3) is 11.1 Å². The molecule has 1 aliphatic rings. The Kier molecular flexibility index (Phi) is 12.9. The van der Waals surface area contributed by atoms with Crippen molar-refractivity contribution >= 4 is 17.8 Å². The predicted molar refractivity (Wildman–Crippen MR) is 185 cm³/mol. The number of nitrogens with zero attached hydrogens (tertiary/aromatic N) is 2. The summed E-state index contributed by atoms with van der Waals surface area (Å²) in [6.07, 6.45) is 3.58. The Morgan fingerprint density at radius 1 is 0.891 bits per heavy atom. The minimum Gasteiger partial charge on any atom is -0.481 e. The number of carboxylic acids is 1. The second-order valence-electron chi connectivity index (χ2n) is 13.0. The van der Waals surface area contributed by atoms with Gasteiger partial charge >= 0.3 is 5.97 Å². The molecule has 0 aromatic heterocycles. The lowest BCUT2D eigenvalue weighted by Crippen LogP contribution is -2.54. The summed E-state index contributed by atoms with van der Waals surface area (Å²) in [6, 6.07) is 27.1. The van der Waals surface area contributed by atoms with Gasteiger partial charge in [-0.15, -0.1) is 0 Å². The van der Waals surface area contributed by atoms with Crippen LogP contribution in [-0.4, -0.2) is 71.5 Å². The number of amides is 2. The first-order valence-corrected chi connectivity index (χ1v) is 15.9. The van der Waals surface area contributed by atoms with Crippen molar-refractivity contribution in [3.05, 3.63) is 108 Å². The van der Waals surface area contributed by atoms with Gasteiger partial charge < -0.3 is 26.4 Å². The second-order valence-corrected chi connectivity index (χ2v) is 13.0. The SMILES string of the molecule is C/C(=C\C(=O)N(C)[C@H](Cc1ccc(-c2ccccc2)cc1)C(=O)N1CCC(Cc2ccccc2)(C(=O)O)CC1)CC(C)(C)N.CN. The third-order valence-electron chi connectivity index (χ3n) is 8.57. The molecule has 1 aliphatic heterocycles. The highest BCUT2D eigenvalue weighted by molar-refractivity contribution is 5.93. The zero-order valence-corrected chi connectivity index (χ0v) is 27.9. The molecule has 5 N–H and O–H groups in total. The van der Waals surface area contributed by atoms with Gasteiger partial charge in [0.1, 0.15) is 6.04 Å². The van der Waals surface area contributed by atoms with Crippen LogP contribution in [0, 0.1) is 5.41 Å². The number of carboxylic acid groups (broad SMARTS) is 1. The van der Waals surface area contributed by atoms with E-state index in [0.717, 1.165) is 27.8 Å². The molecule has 1 atom stereocenters. The molecule has 0 aliphatic carbocycles. The zero-order chi connectivity index (χ0) is 33.9. The van der Waals surface area contributed by atoms with E-state index in [4.69, 9.17) is 5.73 Å². The molecular weight excluding hydrogens is 576 g/mol. The largest absolute Gasteiger partial charge is 0.481 e. The molecule has 0 unspecified atom stereocenters. The van der Waals surface area contributed by atoms with Crippen LogP contribution in [0.5, 0.6) is 0 Å². The van der Waals surface area contributed by atoms with E-state index in [1.807, 2.05) is 93.6 Å².